The van der Waals surface area contributed by atoms with Crippen LogP contribution in [-0.2, 0) is 9.59 Å². The van der Waals surface area contributed by atoms with Crippen LogP contribution >= 0.6 is 11.6 Å². The van der Waals surface area contributed by atoms with E-state index in [1.165, 1.54) is 6.07 Å². The Morgan fingerprint density at radius 2 is 2.13 bits per heavy atom. The first-order valence-electron chi connectivity index (χ1n) is 7.87. The number of nitrogens with zero attached hydrogens (tertiary/aromatic N) is 1. The third-order valence-corrected chi connectivity index (χ3v) is 4.97. The van der Waals surface area contributed by atoms with Crippen LogP contribution < -0.4 is 0 Å². The Kier molecular flexibility index (Phi) is 4.32. The molecule has 0 spiro atoms. The standard InChI is InChI=1S/C17H19ClFNO3/c1-9(17(22)23)8-20(10-5-6-10)16(21)12-7-11(12)15-13(18)3-2-4-14(15)19/h2-4,9-12H,5-8H2,1H3,(H,22,23). The Hall–Kier alpha value is -1.62. The van der Waals surface area contributed by atoms with Gasteiger partial charge in [0.2, 0.25) is 5.91 Å². The highest BCUT2D eigenvalue weighted by molar-refractivity contribution is 6.31. The van der Waals surface area contributed by atoms with Crippen molar-refractivity contribution in [2.75, 3.05) is 6.54 Å². The van der Waals surface area contributed by atoms with E-state index in [0.29, 0.717) is 17.0 Å². The summed E-state index contributed by atoms with van der Waals surface area (Å²) in [4.78, 5) is 25.5. The van der Waals surface area contributed by atoms with E-state index in [1.54, 1.807) is 24.0 Å². The topological polar surface area (TPSA) is 57.6 Å². The highest BCUT2D eigenvalue weighted by atomic mass is 35.5. The molecule has 1 N–H and O–H groups in total. The average molecular weight is 340 g/mol. The van der Waals surface area contributed by atoms with Crippen molar-refractivity contribution in [3.05, 3.63) is 34.6 Å². The minimum Gasteiger partial charge on any atom is -0.481 e. The molecule has 2 aliphatic rings. The molecule has 0 aliphatic heterocycles. The largest absolute Gasteiger partial charge is 0.481 e. The van der Waals surface area contributed by atoms with Gasteiger partial charge in [-0.1, -0.05) is 24.6 Å². The van der Waals surface area contributed by atoms with E-state index in [-0.39, 0.29) is 36.1 Å². The fraction of sp³-hybridized carbons (Fsp3) is 0.529. The van der Waals surface area contributed by atoms with Gasteiger partial charge >= 0.3 is 5.97 Å². The quantitative estimate of drug-likeness (QED) is 0.865. The number of halogens is 2. The molecule has 3 atom stereocenters. The van der Waals surface area contributed by atoms with E-state index in [0.717, 1.165) is 12.8 Å². The van der Waals surface area contributed by atoms with E-state index in [9.17, 15) is 14.0 Å². The first-order chi connectivity index (χ1) is 10.9. The summed E-state index contributed by atoms with van der Waals surface area (Å²) >= 11 is 6.07. The van der Waals surface area contributed by atoms with E-state index in [1.807, 2.05) is 0 Å². The third-order valence-electron chi connectivity index (χ3n) is 4.64. The van der Waals surface area contributed by atoms with Crippen molar-refractivity contribution >= 4 is 23.5 Å². The Balaban J connectivity index is 1.72. The molecule has 4 nitrogen and oxygen atoms in total. The van der Waals surface area contributed by atoms with Crippen molar-refractivity contribution in [3.63, 3.8) is 0 Å². The maximum atomic E-state index is 14.0. The molecule has 3 rings (SSSR count). The maximum Gasteiger partial charge on any atom is 0.308 e. The fourth-order valence-electron chi connectivity index (χ4n) is 3.04. The highest BCUT2D eigenvalue weighted by Crippen LogP contribution is 2.52. The summed E-state index contributed by atoms with van der Waals surface area (Å²) in [5, 5.41) is 9.42. The van der Waals surface area contributed by atoms with Gasteiger partial charge in [0.05, 0.1) is 5.92 Å². The number of amides is 1. The first kappa shape index (κ1) is 16.2. The molecule has 2 fully saturated rings. The molecule has 0 heterocycles. The van der Waals surface area contributed by atoms with Crippen molar-refractivity contribution in [2.45, 2.75) is 38.1 Å². The molecule has 1 amide bonds. The normalized spacial score (nSPS) is 24.1. The SMILES string of the molecule is CC(CN(C(=O)C1CC1c1c(F)cccc1Cl)C1CC1)C(=O)O. The molecule has 1 aromatic carbocycles. The predicted molar refractivity (Wildman–Crippen MR) is 83.8 cm³/mol. The predicted octanol–water partition coefficient (Wildman–Crippen LogP) is 3.29. The second kappa shape index (κ2) is 6.11. The van der Waals surface area contributed by atoms with Gasteiger partial charge in [0, 0.05) is 35.0 Å². The van der Waals surface area contributed by atoms with Crippen LogP contribution in [0.1, 0.15) is 37.7 Å². The minimum absolute atomic E-state index is 0.0649. The van der Waals surface area contributed by atoms with Crippen LogP contribution in [0.25, 0.3) is 0 Å². The van der Waals surface area contributed by atoms with Crippen LogP contribution in [0.2, 0.25) is 5.02 Å². The number of aliphatic carboxylic acids is 1. The minimum atomic E-state index is -0.909. The van der Waals surface area contributed by atoms with Crippen LogP contribution in [0.3, 0.4) is 0 Å². The lowest BCUT2D eigenvalue weighted by Gasteiger charge is -2.24. The van der Waals surface area contributed by atoms with Crippen LogP contribution in [0.15, 0.2) is 18.2 Å². The molecule has 3 unspecified atom stereocenters. The lowest BCUT2D eigenvalue weighted by atomic mass is 10.1. The van der Waals surface area contributed by atoms with Crippen molar-refractivity contribution in [1.29, 1.82) is 0 Å². The molecule has 0 saturated heterocycles. The summed E-state index contributed by atoms with van der Waals surface area (Å²) in [5.74, 6) is -2.44. The molecule has 0 bridgehead atoms. The van der Waals surface area contributed by atoms with Crippen LogP contribution in [0, 0.1) is 17.7 Å². The zero-order valence-electron chi connectivity index (χ0n) is 12.8. The van der Waals surface area contributed by atoms with Gasteiger partial charge in [0.1, 0.15) is 5.82 Å². The molecular weight excluding hydrogens is 321 g/mol. The first-order valence-corrected chi connectivity index (χ1v) is 8.25. The van der Waals surface area contributed by atoms with E-state index < -0.39 is 11.9 Å². The van der Waals surface area contributed by atoms with Gasteiger partial charge in [0.15, 0.2) is 0 Å². The summed E-state index contributed by atoms with van der Waals surface area (Å²) in [5.41, 5.74) is 0.412. The summed E-state index contributed by atoms with van der Waals surface area (Å²) in [6, 6.07) is 4.67. The number of carbonyl (C=O) groups excluding carboxylic acids is 1. The van der Waals surface area contributed by atoms with Gasteiger partial charge in [-0.15, -0.1) is 0 Å². The summed E-state index contributed by atoms with van der Waals surface area (Å²) in [7, 11) is 0. The molecule has 124 valence electrons. The van der Waals surface area contributed by atoms with Gasteiger partial charge < -0.3 is 10.0 Å². The Morgan fingerprint density at radius 3 is 2.70 bits per heavy atom. The summed E-state index contributed by atoms with van der Waals surface area (Å²) < 4.78 is 14.0. The molecular formula is C17H19ClFNO3. The summed E-state index contributed by atoms with van der Waals surface area (Å²) in [6.45, 7) is 1.82. The van der Waals surface area contributed by atoms with Gasteiger partial charge in [-0.25, -0.2) is 4.39 Å². The highest BCUT2D eigenvalue weighted by Gasteiger charge is 2.50. The Labute approximate surface area is 139 Å². The molecule has 23 heavy (non-hydrogen) atoms. The number of carboxylic acids is 1. The number of rotatable bonds is 6. The van der Waals surface area contributed by atoms with Crippen LogP contribution in [-0.4, -0.2) is 34.5 Å². The zero-order chi connectivity index (χ0) is 16.7. The van der Waals surface area contributed by atoms with Crippen molar-refractivity contribution < 1.29 is 19.1 Å². The molecule has 6 heteroatoms. The maximum absolute atomic E-state index is 14.0. The number of benzene rings is 1. The molecule has 0 radical (unpaired) electrons. The number of hydrogen-bond acceptors (Lipinski definition) is 2. The van der Waals surface area contributed by atoms with E-state index >= 15 is 0 Å². The average Bonchev–Trinajstić information content (AvgIpc) is 3.36. The van der Waals surface area contributed by atoms with E-state index in [2.05, 4.69) is 0 Å². The monoisotopic (exact) mass is 339 g/mol. The van der Waals surface area contributed by atoms with Gasteiger partial charge in [-0.3, -0.25) is 9.59 Å². The second-order valence-corrected chi connectivity index (χ2v) is 6.95. The number of hydrogen-bond donors (Lipinski definition) is 1. The van der Waals surface area contributed by atoms with Gasteiger partial charge in [0.25, 0.3) is 0 Å². The van der Waals surface area contributed by atoms with Gasteiger partial charge in [-0.2, -0.15) is 0 Å². The van der Waals surface area contributed by atoms with Crippen molar-refractivity contribution in [3.8, 4) is 0 Å². The van der Waals surface area contributed by atoms with Crippen LogP contribution in [0.5, 0.6) is 0 Å². The fourth-order valence-corrected chi connectivity index (χ4v) is 3.35. The Morgan fingerprint density at radius 1 is 1.43 bits per heavy atom. The lowest BCUT2D eigenvalue weighted by molar-refractivity contribution is -0.143. The molecule has 2 saturated carbocycles. The van der Waals surface area contributed by atoms with Crippen molar-refractivity contribution in [1.82, 2.24) is 4.90 Å². The zero-order valence-corrected chi connectivity index (χ0v) is 13.6. The Bertz CT molecular complexity index is 626. The number of carbonyl (C=O) groups is 2. The lowest BCUT2D eigenvalue weighted by Crippen LogP contribution is -2.39. The van der Waals surface area contributed by atoms with Crippen LogP contribution in [0.4, 0.5) is 4.39 Å². The molecule has 2 aliphatic carbocycles. The third kappa shape index (κ3) is 3.34. The second-order valence-electron chi connectivity index (χ2n) is 6.55. The molecule has 1 aromatic rings. The number of carboxylic acid groups (broad SMARTS) is 1. The summed E-state index contributed by atoms with van der Waals surface area (Å²) in [6.07, 6.45) is 2.40. The molecule has 0 aromatic heterocycles. The van der Waals surface area contributed by atoms with Gasteiger partial charge in [-0.05, 0) is 31.4 Å². The van der Waals surface area contributed by atoms with E-state index in [4.69, 9.17) is 16.7 Å². The smallest absolute Gasteiger partial charge is 0.308 e. The van der Waals surface area contributed by atoms with Crippen molar-refractivity contribution in [2.24, 2.45) is 11.8 Å².